The van der Waals surface area contributed by atoms with Gasteiger partial charge in [-0.2, -0.15) is 0 Å². The third-order valence-corrected chi connectivity index (χ3v) is 2.37. The van der Waals surface area contributed by atoms with E-state index in [4.69, 9.17) is 15.2 Å². The maximum Gasteiger partial charge on any atom is 0.408 e. The van der Waals surface area contributed by atoms with Crippen LogP contribution >= 0.6 is 0 Å². The Bertz CT molecular complexity index is 430. The van der Waals surface area contributed by atoms with Crippen LogP contribution in [0.3, 0.4) is 0 Å². The second-order valence-electron chi connectivity index (χ2n) is 4.84. The van der Waals surface area contributed by atoms with Gasteiger partial charge in [0.05, 0.1) is 0 Å². The van der Waals surface area contributed by atoms with E-state index in [-0.39, 0.29) is 6.61 Å². The van der Waals surface area contributed by atoms with Crippen LogP contribution in [0.1, 0.15) is 13.8 Å². The molecule has 1 amide bonds. The Labute approximate surface area is 119 Å². The summed E-state index contributed by atoms with van der Waals surface area (Å²) in [7, 11) is 0. The highest BCUT2D eigenvalue weighted by Crippen LogP contribution is 2.14. The molecule has 0 saturated carbocycles. The SMILES string of the molecule is CC(C)(COc1ccccc1)OC(=O)NC/C=C/CN. The third-order valence-electron chi connectivity index (χ3n) is 2.37. The highest BCUT2D eigenvalue weighted by Gasteiger charge is 2.23. The van der Waals surface area contributed by atoms with E-state index in [1.54, 1.807) is 26.0 Å². The van der Waals surface area contributed by atoms with Crippen LogP contribution in [0.25, 0.3) is 0 Å². The van der Waals surface area contributed by atoms with Gasteiger partial charge in [-0.3, -0.25) is 0 Å². The van der Waals surface area contributed by atoms with Crippen LogP contribution in [0.2, 0.25) is 0 Å². The second kappa shape index (κ2) is 8.22. The molecule has 0 atom stereocenters. The molecule has 1 aromatic carbocycles. The van der Waals surface area contributed by atoms with E-state index in [1.807, 2.05) is 30.3 Å². The highest BCUT2D eigenvalue weighted by molar-refractivity contribution is 5.67. The lowest BCUT2D eigenvalue weighted by atomic mass is 10.1. The summed E-state index contributed by atoms with van der Waals surface area (Å²) in [5, 5.41) is 2.61. The van der Waals surface area contributed by atoms with Gasteiger partial charge < -0.3 is 20.5 Å². The lowest BCUT2D eigenvalue weighted by molar-refractivity contribution is 0.00483. The van der Waals surface area contributed by atoms with Crippen molar-refractivity contribution in [3.05, 3.63) is 42.5 Å². The lowest BCUT2D eigenvalue weighted by Crippen LogP contribution is -2.39. The zero-order valence-electron chi connectivity index (χ0n) is 12.0. The fourth-order valence-electron chi connectivity index (χ4n) is 1.41. The predicted molar refractivity (Wildman–Crippen MR) is 78.7 cm³/mol. The highest BCUT2D eigenvalue weighted by atomic mass is 16.6. The maximum absolute atomic E-state index is 11.6. The molecule has 0 unspecified atom stereocenters. The number of hydrogen-bond acceptors (Lipinski definition) is 4. The van der Waals surface area contributed by atoms with E-state index in [9.17, 15) is 4.79 Å². The first-order valence-electron chi connectivity index (χ1n) is 6.53. The molecule has 0 heterocycles. The minimum absolute atomic E-state index is 0.281. The quantitative estimate of drug-likeness (QED) is 0.749. The van der Waals surface area contributed by atoms with Crippen molar-refractivity contribution in [2.24, 2.45) is 5.73 Å². The van der Waals surface area contributed by atoms with Gasteiger partial charge in [0, 0.05) is 13.1 Å². The summed E-state index contributed by atoms with van der Waals surface area (Å²) < 4.78 is 10.9. The molecule has 0 aliphatic heterocycles. The Morgan fingerprint density at radius 3 is 2.65 bits per heavy atom. The molecule has 0 bridgehead atoms. The summed E-state index contributed by atoms with van der Waals surface area (Å²) in [4.78, 5) is 11.6. The molecule has 0 spiro atoms. The lowest BCUT2D eigenvalue weighted by Gasteiger charge is -2.25. The Morgan fingerprint density at radius 2 is 2.00 bits per heavy atom. The first-order valence-corrected chi connectivity index (χ1v) is 6.53. The van der Waals surface area contributed by atoms with E-state index < -0.39 is 11.7 Å². The summed E-state index contributed by atoms with van der Waals surface area (Å²) in [6, 6.07) is 9.40. The van der Waals surface area contributed by atoms with Crippen molar-refractivity contribution >= 4 is 6.09 Å². The zero-order valence-corrected chi connectivity index (χ0v) is 12.0. The number of nitrogens with one attached hydrogen (secondary N) is 1. The first-order chi connectivity index (χ1) is 9.53. The second-order valence-corrected chi connectivity index (χ2v) is 4.84. The van der Waals surface area contributed by atoms with Crippen molar-refractivity contribution in [2.45, 2.75) is 19.4 Å². The Kier molecular flexibility index (Phi) is 6.59. The molecular weight excluding hydrogens is 256 g/mol. The predicted octanol–water partition coefficient (Wildman–Crippen LogP) is 2.09. The van der Waals surface area contributed by atoms with Gasteiger partial charge in [-0.25, -0.2) is 4.79 Å². The van der Waals surface area contributed by atoms with Gasteiger partial charge in [0.25, 0.3) is 0 Å². The Hall–Kier alpha value is -2.01. The molecule has 0 radical (unpaired) electrons. The van der Waals surface area contributed by atoms with Gasteiger partial charge >= 0.3 is 6.09 Å². The van der Waals surface area contributed by atoms with Gasteiger partial charge in [0.15, 0.2) is 0 Å². The van der Waals surface area contributed by atoms with Crippen LogP contribution in [-0.4, -0.2) is 31.4 Å². The van der Waals surface area contributed by atoms with Crippen LogP contribution in [0, 0.1) is 0 Å². The number of carbonyl (C=O) groups excluding carboxylic acids is 1. The average Bonchev–Trinajstić information content (AvgIpc) is 2.42. The zero-order chi connectivity index (χ0) is 14.8. The molecule has 5 heteroatoms. The van der Waals surface area contributed by atoms with E-state index in [0.717, 1.165) is 5.75 Å². The van der Waals surface area contributed by atoms with Crippen LogP contribution in [-0.2, 0) is 4.74 Å². The number of rotatable bonds is 7. The summed E-state index contributed by atoms with van der Waals surface area (Å²) in [6.07, 6.45) is 3.06. The number of carbonyl (C=O) groups is 1. The van der Waals surface area contributed by atoms with Crippen LogP contribution in [0.5, 0.6) is 5.75 Å². The minimum atomic E-state index is -0.711. The van der Waals surface area contributed by atoms with E-state index in [2.05, 4.69) is 5.32 Å². The number of nitrogens with two attached hydrogens (primary N) is 1. The van der Waals surface area contributed by atoms with E-state index >= 15 is 0 Å². The Morgan fingerprint density at radius 1 is 1.30 bits per heavy atom. The van der Waals surface area contributed by atoms with Gasteiger partial charge in [0.2, 0.25) is 0 Å². The summed E-state index contributed by atoms with van der Waals surface area (Å²) >= 11 is 0. The monoisotopic (exact) mass is 278 g/mol. The third kappa shape index (κ3) is 6.80. The topological polar surface area (TPSA) is 73.6 Å². The van der Waals surface area contributed by atoms with Crippen molar-refractivity contribution in [1.29, 1.82) is 0 Å². The average molecular weight is 278 g/mol. The summed E-state index contributed by atoms with van der Waals surface area (Å²) in [5.74, 6) is 0.746. The summed E-state index contributed by atoms with van der Waals surface area (Å²) in [5.41, 5.74) is 4.58. The van der Waals surface area contributed by atoms with Crippen LogP contribution in [0.4, 0.5) is 4.79 Å². The molecule has 3 N–H and O–H groups in total. The van der Waals surface area contributed by atoms with Crippen molar-refractivity contribution in [2.75, 3.05) is 19.7 Å². The molecule has 0 aliphatic rings. The molecule has 0 saturated heterocycles. The molecule has 1 aromatic rings. The van der Waals surface area contributed by atoms with Gasteiger partial charge in [-0.05, 0) is 26.0 Å². The van der Waals surface area contributed by atoms with Gasteiger partial charge in [0.1, 0.15) is 18.0 Å². The van der Waals surface area contributed by atoms with E-state index in [1.165, 1.54) is 0 Å². The summed E-state index contributed by atoms with van der Waals surface area (Å²) in [6.45, 7) is 4.72. The molecule has 0 aliphatic carbocycles. The standard InChI is InChI=1S/C15H22N2O3/c1-15(2,12-19-13-8-4-3-5-9-13)20-14(18)17-11-7-6-10-16/h3-9H,10-12,16H2,1-2H3,(H,17,18)/b7-6+. The molecule has 5 nitrogen and oxygen atoms in total. The smallest absolute Gasteiger partial charge is 0.408 e. The van der Waals surface area contributed by atoms with Crippen molar-refractivity contribution < 1.29 is 14.3 Å². The number of para-hydroxylation sites is 1. The molecular formula is C15H22N2O3. The number of hydrogen-bond donors (Lipinski definition) is 2. The number of amides is 1. The first kappa shape index (κ1) is 16.0. The largest absolute Gasteiger partial charge is 0.489 e. The molecule has 20 heavy (non-hydrogen) atoms. The van der Waals surface area contributed by atoms with Crippen molar-refractivity contribution in [3.63, 3.8) is 0 Å². The number of alkyl carbamates (subject to hydrolysis) is 1. The molecule has 0 aromatic heterocycles. The van der Waals surface area contributed by atoms with Crippen molar-refractivity contribution in [3.8, 4) is 5.75 Å². The van der Waals surface area contributed by atoms with Gasteiger partial charge in [-0.15, -0.1) is 0 Å². The fraction of sp³-hybridized carbons (Fsp3) is 0.400. The molecule has 110 valence electrons. The molecule has 0 fully saturated rings. The fourth-order valence-corrected chi connectivity index (χ4v) is 1.41. The van der Waals surface area contributed by atoms with Crippen LogP contribution < -0.4 is 15.8 Å². The van der Waals surface area contributed by atoms with Gasteiger partial charge in [-0.1, -0.05) is 30.4 Å². The molecule has 1 rings (SSSR count). The van der Waals surface area contributed by atoms with Crippen molar-refractivity contribution in [1.82, 2.24) is 5.32 Å². The Balaban J connectivity index is 2.33. The maximum atomic E-state index is 11.6. The minimum Gasteiger partial charge on any atom is -0.489 e. The van der Waals surface area contributed by atoms with Crippen LogP contribution in [0.15, 0.2) is 42.5 Å². The normalized spacial score (nSPS) is 11.3. The number of ether oxygens (including phenoxy) is 2. The van der Waals surface area contributed by atoms with E-state index in [0.29, 0.717) is 13.1 Å². The number of benzene rings is 1.